The molecule has 1 aliphatic carbocycles. The Kier molecular flexibility index (Phi) is 5.67. The summed E-state index contributed by atoms with van der Waals surface area (Å²) < 4.78 is 5.40. The van der Waals surface area contributed by atoms with Crippen molar-refractivity contribution < 1.29 is 9.53 Å². The van der Waals surface area contributed by atoms with Crippen molar-refractivity contribution in [2.24, 2.45) is 0 Å². The van der Waals surface area contributed by atoms with E-state index >= 15 is 0 Å². The van der Waals surface area contributed by atoms with Crippen LogP contribution in [0.5, 0.6) is 0 Å². The van der Waals surface area contributed by atoms with Gasteiger partial charge >= 0.3 is 5.97 Å². The number of carbonyl (C=O) groups excluding carboxylic acids is 1. The summed E-state index contributed by atoms with van der Waals surface area (Å²) in [6, 6.07) is 1.48. The summed E-state index contributed by atoms with van der Waals surface area (Å²) in [4.78, 5) is 15.2. The molecule has 1 saturated carbocycles. The van der Waals surface area contributed by atoms with Crippen molar-refractivity contribution in [3.63, 3.8) is 0 Å². The third kappa shape index (κ3) is 3.78. The number of esters is 1. The van der Waals surface area contributed by atoms with E-state index in [0.717, 1.165) is 19.3 Å². The van der Waals surface area contributed by atoms with Crippen LogP contribution in [0.4, 0.5) is 0 Å². The van der Waals surface area contributed by atoms with E-state index in [4.69, 9.17) is 4.74 Å². The highest BCUT2D eigenvalue weighted by molar-refractivity contribution is 5.81. The Balaban J connectivity index is 2.13. The number of hydrogen-bond donors (Lipinski definition) is 1. The second kappa shape index (κ2) is 7.10. The predicted molar refractivity (Wildman–Crippen MR) is 85.3 cm³/mol. The molecule has 0 spiro atoms. The highest BCUT2D eigenvalue weighted by atomic mass is 16.5. The summed E-state index contributed by atoms with van der Waals surface area (Å²) in [5, 5.41) is 3.55. The zero-order valence-electron chi connectivity index (χ0n) is 14.2. The maximum Gasteiger partial charge on any atom is 0.326 e. The van der Waals surface area contributed by atoms with Gasteiger partial charge in [0.2, 0.25) is 0 Å². The van der Waals surface area contributed by atoms with Gasteiger partial charge < -0.3 is 4.74 Å². The lowest BCUT2D eigenvalue weighted by Crippen LogP contribution is -2.60. The summed E-state index contributed by atoms with van der Waals surface area (Å²) >= 11 is 0. The Bertz CT molecular complexity index is 359. The summed E-state index contributed by atoms with van der Waals surface area (Å²) in [6.07, 6.45) is 6.71. The van der Waals surface area contributed by atoms with Gasteiger partial charge in [0, 0.05) is 18.1 Å². The minimum atomic E-state index is -0.477. The minimum Gasteiger partial charge on any atom is -0.465 e. The van der Waals surface area contributed by atoms with E-state index in [9.17, 15) is 4.79 Å². The van der Waals surface area contributed by atoms with E-state index in [-0.39, 0.29) is 5.97 Å². The smallest absolute Gasteiger partial charge is 0.326 e. The average molecular weight is 296 g/mol. The Morgan fingerprint density at radius 1 is 1.38 bits per heavy atom. The highest BCUT2D eigenvalue weighted by Crippen LogP contribution is 2.35. The van der Waals surface area contributed by atoms with Crippen LogP contribution in [0.2, 0.25) is 0 Å². The average Bonchev–Trinajstić information content (AvgIpc) is 2.85. The maximum atomic E-state index is 12.6. The minimum absolute atomic E-state index is 0.0461. The van der Waals surface area contributed by atoms with Gasteiger partial charge in [-0.05, 0) is 72.8 Å². The number of nitrogens with zero attached hydrogens (tertiary/aromatic N) is 1. The highest BCUT2D eigenvalue weighted by Gasteiger charge is 2.46. The molecule has 0 aromatic heterocycles. The lowest BCUT2D eigenvalue weighted by Gasteiger charge is -2.44. The molecule has 0 bridgehead atoms. The molecule has 0 amide bonds. The van der Waals surface area contributed by atoms with E-state index in [0.29, 0.717) is 24.7 Å². The van der Waals surface area contributed by atoms with Gasteiger partial charge in [-0.3, -0.25) is 15.0 Å². The van der Waals surface area contributed by atoms with Gasteiger partial charge in [-0.1, -0.05) is 0 Å². The number of carbonyl (C=O) groups is 1. The zero-order chi connectivity index (χ0) is 15.5. The molecule has 3 unspecified atom stereocenters. The Labute approximate surface area is 129 Å². The molecule has 2 aliphatic rings. The SMILES string of the molecule is CCOC(=O)C1(NC(C)C)CCCC(N2CCCC2C)C1. The van der Waals surface area contributed by atoms with Crippen LogP contribution in [0.3, 0.4) is 0 Å². The first-order valence-electron chi connectivity index (χ1n) is 8.69. The molecule has 1 aliphatic heterocycles. The fraction of sp³-hybridized carbons (Fsp3) is 0.941. The molecule has 1 saturated heterocycles. The van der Waals surface area contributed by atoms with E-state index in [1.807, 2.05) is 6.92 Å². The summed E-state index contributed by atoms with van der Waals surface area (Å²) in [6.45, 7) is 10.1. The second-order valence-electron chi connectivity index (χ2n) is 7.08. The van der Waals surface area contributed by atoms with Gasteiger partial charge in [-0.25, -0.2) is 0 Å². The summed E-state index contributed by atoms with van der Waals surface area (Å²) in [7, 11) is 0. The summed E-state index contributed by atoms with van der Waals surface area (Å²) in [5.74, 6) is -0.0461. The van der Waals surface area contributed by atoms with Crippen LogP contribution in [0, 0.1) is 0 Å². The molecule has 2 rings (SSSR count). The van der Waals surface area contributed by atoms with Crippen molar-refractivity contribution >= 4 is 5.97 Å². The third-order valence-electron chi connectivity index (χ3n) is 5.03. The lowest BCUT2D eigenvalue weighted by atomic mass is 9.77. The summed E-state index contributed by atoms with van der Waals surface area (Å²) in [5.41, 5.74) is -0.477. The van der Waals surface area contributed by atoms with Crippen molar-refractivity contribution in [3.8, 4) is 0 Å². The van der Waals surface area contributed by atoms with Gasteiger partial charge in [0.25, 0.3) is 0 Å². The first kappa shape index (κ1) is 16.8. The number of likely N-dealkylation sites (tertiary alicyclic amines) is 1. The van der Waals surface area contributed by atoms with Gasteiger partial charge in [0.15, 0.2) is 0 Å². The molecule has 122 valence electrons. The second-order valence-corrected chi connectivity index (χ2v) is 7.08. The first-order chi connectivity index (χ1) is 9.98. The van der Waals surface area contributed by atoms with E-state index in [1.54, 1.807) is 0 Å². The molecular formula is C17H32N2O2. The molecule has 2 fully saturated rings. The number of rotatable bonds is 5. The Morgan fingerprint density at radius 2 is 2.14 bits per heavy atom. The number of hydrogen-bond acceptors (Lipinski definition) is 4. The number of ether oxygens (including phenoxy) is 1. The van der Waals surface area contributed by atoms with Gasteiger partial charge in [0.1, 0.15) is 5.54 Å². The van der Waals surface area contributed by atoms with Crippen LogP contribution < -0.4 is 5.32 Å². The van der Waals surface area contributed by atoms with Crippen LogP contribution in [-0.4, -0.2) is 47.7 Å². The molecule has 1 N–H and O–H groups in total. The molecule has 0 aromatic carbocycles. The normalized spacial score (nSPS) is 34.3. The number of nitrogens with one attached hydrogen (secondary N) is 1. The monoisotopic (exact) mass is 296 g/mol. The van der Waals surface area contributed by atoms with Crippen molar-refractivity contribution in [1.29, 1.82) is 0 Å². The van der Waals surface area contributed by atoms with Crippen molar-refractivity contribution in [3.05, 3.63) is 0 Å². The van der Waals surface area contributed by atoms with Gasteiger partial charge in [-0.2, -0.15) is 0 Å². The molecule has 3 atom stereocenters. The molecule has 0 aromatic rings. The Morgan fingerprint density at radius 3 is 2.71 bits per heavy atom. The first-order valence-corrected chi connectivity index (χ1v) is 8.69. The fourth-order valence-corrected chi connectivity index (χ4v) is 4.22. The lowest BCUT2D eigenvalue weighted by molar-refractivity contribution is -0.154. The molecular weight excluding hydrogens is 264 g/mol. The quantitative estimate of drug-likeness (QED) is 0.792. The zero-order valence-corrected chi connectivity index (χ0v) is 14.2. The van der Waals surface area contributed by atoms with Gasteiger partial charge in [0.05, 0.1) is 6.61 Å². The molecule has 4 nitrogen and oxygen atoms in total. The molecule has 21 heavy (non-hydrogen) atoms. The van der Waals surface area contributed by atoms with E-state index in [1.165, 1.54) is 25.8 Å². The molecule has 4 heteroatoms. The van der Waals surface area contributed by atoms with Crippen LogP contribution in [0.1, 0.15) is 66.2 Å². The largest absolute Gasteiger partial charge is 0.465 e. The Hall–Kier alpha value is -0.610. The van der Waals surface area contributed by atoms with Crippen LogP contribution in [0.25, 0.3) is 0 Å². The van der Waals surface area contributed by atoms with Crippen LogP contribution in [0.15, 0.2) is 0 Å². The third-order valence-corrected chi connectivity index (χ3v) is 5.03. The van der Waals surface area contributed by atoms with Gasteiger partial charge in [-0.15, -0.1) is 0 Å². The fourth-order valence-electron chi connectivity index (χ4n) is 4.22. The standard InChI is InChI=1S/C17H32N2O2/c1-5-21-16(20)17(18-13(2)3)10-6-9-15(12-17)19-11-7-8-14(19)4/h13-15,18H,5-12H2,1-4H3. The van der Waals surface area contributed by atoms with Crippen molar-refractivity contribution in [1.82, 2.24) is 10.2 Å². The predicted octanol–water partition coefficient (Wildman–Crippen LogP) is 2.71. The molecule has 0 radical (unpaired) electrons. The van der Waals surface area contributed by atoms with Crippen molar-refractivity contribution in [2.45, 2.75) is 89.9 Å². The van der Waals surface area contributed by atoms with E-state index < -0.39 is 5.54 Å². The topological polar surface area (TPSA) is 41.6 Å². The van der Waals surface area contributed by atoms with E-state index in [2.05, 4.69) is 31.0 Å². The maximum absolute atomic E-state index is 12.6. The van der Waals surface area contributed by atoms with Crippen LogP contribution in [-0.2, 0) is 9.53 Å². The van der Waals surface area contributed by atoms with Crippen molar-refractivity contribution in [2.75, 3.05) is 13.2 Å². The van der Waals surface area contributed by atoms with Crippen LogP contribution >= 0.6 is 0 Å². The molecule has 1 heterocycles.